The first-order chi connectivity index (χ1) is 18.7. The summed E-state index contributed by atoms with van der Waals surface area (Å²) in [4.78, 5) is 33.0. The van der Waals surface area contributed by atoms with E-state index in [9.17, 15) is 9.59 Å². The molecule has 0 aliphatic carbocycles. The van der Waals surface area contributed by atoms with Gasteiger partial charge in [-0.3, -0.25) is 9.59 Å². The van der Waals surface area contributed by atoms with Crippen LogP contribution in [0.15, 0.2) is 89.3 Å². The minimum absolute atomic E-state index is 0.0683. The third-order valence-corrected chi connectivity index (χ3v) is 9.11. The lowest BCUT2D eigenvalue weighted by Gasteiger charge is -2.27. The number of likely N-dealkylation sites (tertiary alicyclic amines) is 1. The second kappa shape index (κ2) is 11.0. The molecule has 6 rings (SSSR count). The molecule has 1 fully saturated rings. The molecule has 1 N–H and O–H groups in total. The van der Waals surface area contributed by atoms with Crippen molar-refractivity contribution < 1.29 is 9.59 Å². The molecule has 1 aromatic heterocycles. The maximum atomic E-state index is 13.2. The largest absolute Gasteiger partial charge is 0.339 e. The summed E-state index contributed by atoms with van der Waals surface area (Å²) >= 11 is 3.35. The van der Waals surface area contributed by atoms with E-state index in [-0.39, 0.29) is 11.8 Å². The fourth-order valence-electron chi connectivity index (χ4n) is 4.93. The highest BCUT2D eigenvalue weighted by Crippen LogP contribution is 2.34. The highest BCUT2D eigenvalue weighted by Gasteiger charge is 2.23. The number of piperidine rings is 1. The van der Waals surface area contributed by atoms with Gasteiger partial charge in [-0.2, -0.15) is 0 Å². The Morgan fingerprint density at radius 1 is 0.868 bits per heavy atom. The Morgan fingerprint density at radius 2 is 1.63 bits per heavy atom. The van der Waals surface area contributed by atoms with Crippen LogP contribution in [0, 0.1) is 0 Å². The smallest absolute Gasteiger partial charge is 0.256 e. The van der Waals surface area contributed by atoms with Gasteiger partial charge in [0.05, 0.1) is 21.3 Å². The van der Waals surface area contributed by atoms with Crippen LogP contribution in [0.3, 0.4) is 0 Å². The van der Waals surface area contributed by atoms with Crippen LogP contribution in [-0.4, -0.2) is 34.8 Å². The standard InChI is InChI=1S/C31H27N3O2S2/c35-29(25-13-4-5-14-26(25)30(36)34-17-6-1-7-18-34)32-23-15-16-27-28(19-23)38-31(33-27)37-20-22-11-8-10-21-9-2-3-12-24(21)22/h2-5,8-16,19H,1,6-7,17-18,20H2,(H,32,35). The number of amides is 2. The van der Waals surface area contributed by atoms with E-state index in [0.29, 0.717) is 16.8 Å². The molecule has 0 saturated carbocycles. The van der Waals surface area contributed by atoms with Crippen molar-refractivity contribution in [2.24, 2.45) is 0 Å². The molecule has 1 aliphatic heterocycles. The van der Waals surface area contributed by atoms with Gasteiger partial charge < -0.3 is 10.2 Å². The second-order valence-corrected chi connectivity index (χ2v) is 11.7. The monoisotopic (exact) mass is 537 g/mol. The summed E-state index contributed by atoms with van der Waals surface area (Å²) in [7, 11) is 0. The summed E-state index contributed by atoms with van der Waals surface area (Å²) in [5, 5.41) is 5.51. The van der Waals surface area contributed by atoms with Crippen LogP contribution in [0.25, 0.3) is 21.0 Å². The number of hydrogen-bond acceptors (Lipinski definition) is 5. The summed E-state index contributed by atoms with van der Waals surface area (Å²) < 4.78 is 2.01. The van der Waals surface area contributed by atoms with Crippen molar-refractivity contribution in [1.82, 2.24) is 9.88 Å². The van der Waals surface area contributed by atoms with E-state index >= 15 is 0 Å². The molecule has 2 amide bonds. The molecular formula is C31H27N3O2S2. The predicted octanol–water partition coefficient (Wildman–Crippen LogP) is 7.62. The number of anilines is 1. The number of benzene rings is 4. The molecule has 1 saturated heterocycles. The van der Waals surface area contributed by atoms with Crippen LogP contribution < -0.4 is 5.32 Å². The first-order valence-corrected chi connectivity index (χ1v) is 14.7. The average Bonchev–Trinajstić information content (AvgIpc) is 3.38. The van der Waals surface area contributed by atoms with Gasteiger partial charge in [-0.15, -0.1) is 11.3 Å². The van der Waals surface area contributed by atoms with Gasteiger partial charge in [0.1, 0.15) is 0 Å². The lowest BCUT2D eigenvalue weighted by atomic mass is 10.0. The Hall–Kier alpha value is -3.68. The van der Waals surface area contributed by atoms with Crippen LogP contribution in [0.2, 0.25) is 0 Å². The fourth-order valence-corrected chi connectivity index (χ4v) is 7.05. The number of hydrogen-bond donors (Lipinski definition) is 1. The van der Waals surface area contributed by atoms with Crippen LogP contribution in [0.5, 0.6) is 0 Å². The molecule has 0 atom stereocenters. The second-order valence-electron chi connectivity index (χ2n) is 9.44. The van der Waals surface area contributed by atoms with Gasteiger partial charge in [0, 0.05) is 24.5 Å². The summed E-state index contributed by atoms with van der Waals surface area (Å²) in [6, 6.07) is 27.7. The van der Waals surface area contributed by atoms with Gasteiger partial charge in [0.25, 0.3) is 11.8 Å². The van der Waals surface area contributed by atoms with Crippen molar-refractivity contribution in [3.05, 3.63) is 102 Å². The van der Waals surface area contributed by atoms with E-state index in [4.69, 9.17) is 4.98 Å². The summed E-state index contributed by atoms with van der Waals surface area (Å²) in [5.41, 5.74) is 3.75. The molecular weight excluding hydrogens is 510 g/mol. The zero-order chi connectivity index (χ0) is 25.9. The van der Waals surface area contributed by atoms with Crippen LogP contribution in [0.4, 0.5) is 5.69 Å². The molecule has 38 heavy (non-hydrogen) atoms. The Bertz CT molecular complexity index is 1630. The van der Waals surface area contributed by atoms with Crippen molar-refractivity contribution in [2.45, 2.75) is 29.4 Å². The van der Waals surface area contributed by atoms with Crippen molar-refractivity contribution in [1.29, 1.82) is 0 Å². The molecule has 0 spiro atoms. The zero-order valence-electron chi connectivity index (χ0n) is 20.9. The van der Waals surface area contributed by atoms with Crippen molar-refractivity contribution in [2.75, 3.05) is 18.4 Å². The highest BCUT2D eigenvalue weighted by molar-refractivity contribution is 8.00. The fraction of sp³-hybridized carbons (Fsp3) is 0.194. The number of carbonyl (C=O) groups excluding carboxylic acids is 2. The Balaban J connectivity index is 1.17. The molecule has 1 aliphatic rings. The molecule has 5 nitrogen and oxygen atoms in total. The van der Waals surface area contributed by atoms with Gasteiger partial charge >= 0.3 is 0 Å². The van der Waals surface area contributed by atoms with Crippen molar-refractivity contribution >= 4 is 61.6 Å². The number of thioether (sulfide) groups is 1. The van der Waals surface area contributed by atoms with E-state index in [1.54, 1.807) is 41.3 Å². The summed E-state index contributed by atoms with van der Waals surface area (Å²) in [5.74, 6) is 0.494. The molecule has 4 aromatic carbocycles. The lowest BCUT2D eigenvalue weighted by molar-refractivity contribution is 0.0720. The van der Waals surface area contributed by atoms with E-state index in [1.807, 2.05) is 29.2 Å². The van der Waals surface area contributed by atoms with E-state index in [0.717, 1.165) is 52.7 Å². The number of carbonyl (C=O) groups is 2. The molecule has 5 aromatic rings. The average molecular weight is 538 g/mol. The van der Waals surface area contributed by atoms with Crippen molar-refractivity contribution in [3.63, 3.8) is 0 Å². The van der Waals surface area contributed by atoms with Gasteiger partial charge in [-0.05, 0) is 65.9 Å². The van der Waals surface area contributed by atoms with Gasteiger partial charge in [-0.25, -0.2) is 4.98 Å². The number of rotatable bonds is 6. The summed E-state index contributed by atoms with van der Waals surface area (Å²) in [6.45, 7) is 1.50. The van der Waals surface area contributed by atoms with E-state index in [2.05, 4.69) is 47.8 Å². The van der Waals surface area contributed by atoms with Crippen LogP contribution >= 0.6 is 23.1 Å². The first-order valence-electron chi connectivity index (χ1n) is 12.9. The van der Waals surface area contributed by atoms with Crippen LogP contribution in [-0.2, 0) is 5.75 Å². The Morgan fingerprint density at radius 3 is 2.50 bits per heavy atom. The minimum atomic E-state index is -0.277. The molecule has 0 bridgehead atoms. The third-order valence-electron chi connectivity index (χ3n) is 6.90. The number of thiazole rings is 1. The molecule has 2 heterocycles. The third kappa shape index (κ3) is 5.17. The van der Waals surface area contributed by atoms with E-state index < -0.39 is 0 Å². The maximum Gasteiger partial charge on any atom is 0.256 e. The highest BCUT2D eigenvalue weighted by atomic mass is 32.2. The van der Waals surface area contributed by atoms with Crippen LogP contribution in [0.1, 0.15) is 45.5 Å². The van der Waals surface area contributed by atoms with Gasteiger partial charge in [0.2, 0.25) is 0 Å². The van der Waals surface area contributed by atoms with E-state index in [1.165, 1.54) is 16.3 Å². The number of nitrogens with one attached hydrogen (secondary N) is 1. The quantitative estimate of drug-likeness (QED) is 0.226. The molecule has 0 unspecified atom stereocenters. The van der Waals surface area contributed by atoms with Gasteiger partial charge in [-0.1, -0.05) is 66.4 Å². The number of fused-ring (bicyclic) bond motifs is 2. The number of nitrogens with zero attached hydrogens (tertiary/aromatic N) is 2. The maximum absolute atomic E-state index is 13.2. The molecule has 190 valence electrons. The lowest BCUT2D eigenvalue weighted by Crippen LogP contribution is -2.36. The Labute approximate surface area is 229 Å². The SMILES string of the molecule is O=C(Nc1ccc2nc(SCc3cccc4ccccc34)sc2c1)c1ccccc1C(=O)N1CCCCC1. The normalized spacial score (nSPS) is 13.6. The minimum Gasteiger partial charge on any atom is -0.339 e. The predicted molar refractivity (Wildman–Crippen MR) is 157 cm³/mol. The van der Waals surface area contributed by atoms with Crippen molar-refractivity contribution in [3.8, 4) is 0 Å². The first kappa shape index (κ1) is 24.6. The summed E-state index contributed by atoms with van der Waals surface area (Å²) in [6.07, 6.45) is 3.17. The van der Waals surface area contributed by atoms with Gasteiger partial charge in [0.15, 0.2) is 4.34 Å². The molecule has 7 heteroatoms. The topological polar surface area (TPSA) is 62.3 Å². The Kier molecular flexibility index (Phi) is 7.12. The zero-order valence-corrected chi connectivity index (χ0v) is 22.5. The number of aromatic nitrogens is 1. The molecule has 0 radical (unpaired) electrons.